The van der Waals surface area contributed by atoms with Crippen molar-refractivity contribution in [2.24, 2.45) is 11.8 Å². The molecule has 0 saturated carbocycles. The quantitative estimate of drug-likeness (QED) is 0.548. The minimum Gasteiger partial charge on any atom is -0.381 e. The molecule has 0 heterocycles. The van der Waals surface area contributed by atoms with Crippen LogP contribution >= 0.6 is 0 Å². The lowest BCUT2D eigenvalue weighted by atomic mass is 10.1. The van der Waals surface area contributed by atoms with Gasteiger partial charge in [-0.2, -0.15) is 0 Å². The maximum atomic E-state index is 5.57. The highest BCUT2D eigenvalue weighted by molar-refractivity contribution is 4.52. The molecular weight excluding hydrogens is 198 g/mol. The summed E-state index contributed by atoms with van der Waals surface area (Å²) in [5.41, 5.74) is 0. The average Bonchev–Trinajstić information content (AvgIpc) is 2.20. The van der Waals surface area contributed by atoms with Gasteiger partial charge in [0.1, 0.15) is 0 Å². The summed E-state index contributed by atoms with van der Waals surface area (Å²) in [6, 6.07) is 0. The van der Waals surface area contributed by atoms with Crippen LogP contribution in [-0.2, 0) is 4.74 Å². The second-order valence-electron chi connectivity index (χ2n) is 5.45. The van der Waals surface area contributed by atoms with Gasteiger partial charge in [-0.3, -0.25) is 0 Å². The predicted molar refractivity (Wildman–Crippen MR) is 71.8 cm³/mol. The summed E-state index contributed by atoms with van der Waals surface area (Å²) in [5, 5.41) is 3.46. The maximum absolute atomic E-state index is 5.57. The van der Waals surface area contributed by atoms with E-state index in [-0.39, 0.29) is 0 Å². The maximum Gasteiger partial charge on any atom is 0.0468 e. The van der Waals surface area contributed by atoms with Gasteiger partial charge in [0.25, 0.3) is 0 Å². The summed E-state index contributed by atoms with van der Waals surface area (Å²) in [5.74, 6) is 1.53. The van der Waals surface area contributed by atoms with Crippen LogP contribution in [0.25, 0.3) is 0 Å². The molecule has 0 spiro atoms. The Hall–Kier alpha value is -0.0800. The first kappa shape index (κ1) is 15.9. The van der Waals surface area contributed by atoms with E-state index in [9.17, 15) is 0 Å². The molecule has 0 radical (unpaired) electrons. The first-order chi connectivity index (χ1) is 7.63. The van der Waals surface area contributed by atoms with Gasteiger partial charge < -0.3 is 10.1 Å². The highest BCUT2D eigenvalue weighted by Gasteiger charge is 1.95. The lowest BCUT2D eigenvalue weighted by molar-refractivity contribution is 0.120. The van der Waals surface area contributed by atoms with Crippen LogP contribution in [0.1, 0.15) is 53.4 Å². The van der Waals surface area contributed by atoms with E-state index in [4.69, 9.17) is 4.74 Å². The molecule has 0 rings (SSSR count). The van der Waals surface area contributed by atoms with E-state index in [0.29, 0.717) is 0 Å². The van der Waals surface area contributed by atoms with E-state index >= 15 is 0 Å². The standard InChI is InChI=1S/C14H31NO/c1-13(2)8-11-16-10-7-5-6-9-15-12-14(3)4/h13-15H,5-12H2,1-4H3. The van der Waals surface area contributed by atoms with Crippen molar-refractivity contribution in [2.75, 3.05) is 26.3 Å². The van der Waals surface area contributed by atoms with Gasteiger partial charge >= 0.3 is 0 Å². The van der Waals surface area contributed by atoms with Crippen molar-refractivity contribution in [3.05, 3.63) is 0 Å². The second kappa shape index (κ2) is 11.4. The average molecular weight is 229 g/mol. The molecule has 1 N–H and O–H groups in total. The Labute approximate surface area is 102 Å². The summed E-state index contributed by atoms with van der Waals surface area (Å²) in [4.78, 5) is 0. The molecule has 0 fully saturated rings. The SMILES string of the molecule is CC(C)CCOCCCCCNCC(C)C. The Morgan fingerprint density at radius 1 is 0.875 bits per heavy atom. The lowest BCUT2D eigenvalue weighted by Gasteiger charge is -2.08. The number of hydrogen-bond donors (Lipinski definition) is 1. The van der Waals surface area contributed by atoms with Gasteiger partial charge in [-0.1, -0.05) is 27.7 Å². The molecule has 16 heavy (non-hydrogen) atoms. The zero-order chi connectivity index (χ0) is 12.2. The molecule has 0 saturated heterocycles. The second-order valence-corrected chi connectivity index (χ2v) is 5.45. The molecule has 0 amide bonds. The highest BCUT2D eigenvalue weighted by Crippen LogP contribution is 2.00. The lowest BCUT2D eigenvalue weighted by Crippen LogP contribution is -2.20. The van der Waals surface area contributed by atoms with Crippen LogP contribution in [0.5, 0.6) is 0 Å². The number of nitrogens with one attached hydrogen (secondary N) is 1. The Morgan fingerprint density at radius 2 is 1.62 bits per heavy atom. The summed E-state index contributed by atoms with van der Waals surface area (Å²) in [6.45, 7) is 13.1. The smallest absolute Gasteiger partial charge is 0.0468 e. The summed E-state index contributed by atoms with van der Waals surface area (Å²) < 4.78 is 5.57. The molecule has 0 aliphatic carbocycles. The first-order valence-corrected chi connectivity index (χ1v) is 6.91. The third-order valence-electron chi connectivity index (χ3n) is 2.53. The van der Waals surface area contributed by atoms with Crippen LogP contribution in [0.15, 0.2) is 0 Å². The Morgan fingerprint density at radius 3 is 2.25 bits per heavy atom. The van der Waals surface area contributed by atoms with Gasteiger partial charge in [-0.15, -0.1) is 0 Å². The molecule has 2 heteroatoms. The minimum absolute atomic E-state index is 0.763. The monoisotopic (exact) mass is 229 g/mol. The van der Waals surface area contributed by atoms with Crippen molar-refractivity contribution in [3.8, 4) is 0 Å². The van der Waals surface area contributed by atoms with E-state index < -0.39 is 0 Å². The van der Waals surface area contributed by atoms with E-state index in [1.165, 1.54) is 25.7 Å². The molecule has 0 aromatic heterocycles. The fourth-order valence-corrected chi connectivity index (χ4v) is 1.44. The number of ether oxygens (including phenoxy) is 1. The van der Waals surface area contributed by atoms with Gasteiger partial charge in [0.2, 0.25) is 0 Å². The summed E-state index contributed by atoms with van der Waals surface area (Å²) in [7, 11) is 0. The fourth-order valence-electron chi connectivity index (χ4n) is 1.44. The fraction of sp³-hybridized carbons (Fsp3) is 1.00. The van der Waals surface area contributed by atoms with Crippen molar-refractivity contribution in [2.45, 2.75) is 53.4 Å². The summed E-state index contributed by atoms with van der Waals surface area (Å²) in [6.07, 6.45) is 4.96. The molecule has 0 bridgehead atoms. The third kappa shape index (κ3) is 13.9. The first-order valence-electron chi connectivity index (χ1n) is 6.91. The molecule has 0 unspecified atom stereocenters. The van der Waals surface area contributed by atoms with Crippen molar-refractivity contribution in [3.63, 3.8) is 0 Å². The molecule has 98 valence electrons. The predicted octanol–water partition coefficient (Wildman–Crippen LogP) is 3.47. The number of hydrogen-bond acceptors (Lipinski definition) is 2. The van der Waals surface area contributed by atoms with Crippen molar-refractivity contribution < 1.29 is 4.74 Å². The van der Waals surface area contributed by atoms with Gasteiger partial charge in [0.15, 0.2) is 0 Å². The molecular formula is C14H31NO. The van der Waals surface area contributed by atoms with Gasteiger partial charge in [0, 0.05) is 13.2 Å². The van der Waals surface area contributed by atoms with Gasteiger partial charge in [-0.25, -0.2) is 0 Å². The number of unbranched alkanes of at least 4 members (excludes halogenated alkanes) is 2. The zero-order valence-electron chi connectivity index (χ0n) is 11.7. The third-order valence-corrected chi connectivity index (χ3v) is 2.53. The van der Waals surface area contributed by atoms with Crippen molar-refractivity contribution in [1.29, 1.82) is 0 Å². The molecule has 0 atom stereocenters. The molecule has 0 aliphatic rings. The molecule has 2 nitrogen and oxygen atoms in total. The Bertz CT molecular complexity index is 119. The molecule has 0 aromatic carbocycles. The van der Waals surface area contributed by atoms with E-state index in [1.807, 2.05) is 0 Å². The topological polar surface area (TPSA) is 21.3 Å². The minimum atomic E-state index is 0.763. The van der Waals surface area contributed by atoms with Crippen molar-refractivity contribution >= 4 is 0 Å². The van der Waals surface area contributed by atoms with Crippen LogP contribution in [0, 0.1) is 11.8 Å². The molecule has 0 aliphatic heterocycles. The van der Waals surface area contributed by atoms with Crippen molar-refractivity contribution in [1.82, 2.24) is 5.32 Å². The van der Waals surface area contributed by atoms with Crippen LogP contribution in [-0.4, -0.2) is 26.3 Å². The van der Waals surface area contributed by atoms with Crippen LogP contribution < -0.4 is 5.32 Å². The van der Waals surface area contributed by atoms with E-state index in [1.54, 1.807) is 0 Å². The van der Waals surface area contributed by atoms with Gasteiger partial charge in [-0.05, 0) is 50.6 Å². The summed E-state index contributed by atoms with van der Waals surface area (Å²) >= 11 is 0. The Balaban J connectivity index is 2.93. The van der Waals surface area contributed by atoms with Crippen LogP contribution in [0.4, 0.5) is 0 Å². The zero-order valence-corrected chi connectivity index (χ0v) is 11.7. The van der Waals surface area contributed by atoms with Crippen LogP contribution in [0.2, 0.25) is 0 Å². The van der Waals surface area contributed by atoms with E-state index in [0.717, 1.165) is 38.1 Å². The van der Waals surface area contributed by atoms with Crippen LogP contribution in [0.3, 0.4) is 0 Å². The normalized spacial score (nSPS) is 11.6. The highest BCUT2D eigenvalue weighted by atomic mass is 16.5. The molecule has 0 aromatic rings. The van der Waals surface area contributed by atoms with Gasteiger partial charge in [0.05, 0.1) is 0 Å². The number of rotatable bonds is 11. The largest absolute Gasteiger partial charge is 0.381 e. The van der Waals surface area contributed by atoms with E-state index in [2.05, 4.69) is 33.0 Å². The Kier molecular flexibility index (Phi) is 11.3.